The fourth-order valence-electron chi connectivity index (χ4n) is 1.75. The Morgan fingerprint density at radius 1 is 1.16 bits per heavy atom. The molecule has 0 saturated heterocycles. The lowest BCUT2D eigenvalue weighted by atomic mass is 10.1. The van der Waals surface area contributed by atoms with E-state index in [9.17, 15) is 4.79 Å². The second-order valence-electron chi connectivity index (χ2n) is 4.23. The quantitative estimate of drug-likeness (QED) is 0.636. The molecule has 1 heterocycles. The summed E-state index contributed by atoms with van der Waals surface area (Å²) in [4.78, 5) is 11.5. The Labute approximate surface area is 112 Å². The summed E-state index contributed by atoms with van der Waals surface area (Å²) >= 11 is 0. The number of rotatable bonds is 6. The monoisotopic (exact) mass is 255 g/mol. The molecular formula is C16H17NO2. The Morgan fingerprint density at radius 3 is 2.74 bits per heavy atom. The summed E-state index contributed by atoms with van der Waals surface area (Å²) in [5.41, 5.74) is 1.29. The molecule has 0 unspecified atom stereocenters. The number of benzene rings is 1. The van der Waals surface area contributed by atoms with Gasteiger partial charge in [0, 0.05) is 12.6 Å². The van der Waals surface area contributed by atoms with Gasteiger partial charge in [0.2, 0.25) is 5.91 Å². The molecule has 0 aliphatic carbocycles. The molecule has 1 aromatic heterocycles. The molecule has 98 valence electrons. The summed E-state index contributed by atoms with van der Waals surface area (Å²) in [6.45, 7) is 0.677. The smallest absolute Gasteiger partial charge is 0.244 e. The zero-order valence-electron chi connectivity index (χ0n) is 10.7. The Kier molecular flexibility index (Phi) is 4.99. The highest BCUT2D eigenvalue weighted by Crippen LogP contribution is 2.02. The van der Waals surface area contributed by atoms with Crippen molar-refractivity contribution in [1.82, 2.24) is 5.32 Å². The van der Waals surface area contributed by atoms with Crippen LogP contribution in [0.3, 0.4) is 0 Å². The van der Waals surface area contributed by atoms with Gasteiger partial charge in [0.15, 0.2) is 0 Å². The number of carbonyl (C=O) groups is 1. The normalized spacial score (nSPS) is 10.7. The maximum atomic E-state index is 11.5. The molecule has 0 fully saturated rings. The van der Waals surface area contributed by atoms with E-state index < -0.39 is 0 Å². The molecule has 0 aliphatic heterocycles. The first kappa shape index (κ1) is 13.1. The molecule has 0 bridgehead atoms. The van der Waals surface area contributed by atoms with Gasteiger partial charge in [0.25, 0.3) is 0 Å². The number of carbonyl (C=O) groups excluding carboxylic acids is 1. The molecule has 1 aromatic carbocycles. The molecule has 3 heteroatoms. The predicted molar refractivity (Wildman–Crippen MR) is 75.5 cm³/mol. The highest BCUT2D eigenvalue weighted by molar-refractivity contribution is 5.91. The van der Waals surface area contributed by atoms with Crippen LogP contribution in [0.5, 0.6) is 0 Å². The van der Waals surface area contributed by atoms with Crippen molar-refractivity contribution in [1.29, 1.82) is 0 Å². The molecule has 0 saturated carbocycles. The van der Waals surface area contributed by atoms with E-state index in [1.54, 1.807) is 24.5 Å². The summed E-state index contributed by atoms with van der Waals surface area (Å²) in [6, 6.07) is 13.8. The summed E-state index contributed by atoms with van der Waals surface area (Å²) in [6.07, 6.45) is 6.64. The van der Waals surface area contributed by atoms with Gasteiger partial charge in [-0.2, -0.15) is 0 Å². The molecule has 2 aromatic rings. The fourth-order valence-corrected chi connectivity index (χ4v) is 1.75. The first-order chi connectivity index (χ1) is 9.34. The van der Waals surface area contributed by atoms with Gasteiger partial charge in [-0.05, 0) is 36.6 Å². The fraction of sp³-hybridized carbons (Fsp3) is 0.188. The second kappa shape index (κ2) is 7.21. The second-order valence-corrected chi connectivity index (χ2v) is 4.23. The lowest BCUT2D eigenvalue weighted by Crippen LogP contribution is -2.22. The molecule has 0 spiro atoms. The number of amides is 1. The van der Waals surface area contributed by atoms with Gasteiger partial charge in [-0.15, -0.1) is 0 Å². The summed E-state index contributed by atoms with van der Waals surface area (Å²) in [5.74, 6) is 0.587. The van der Waals surface area contributed by atoms with Crippen molar-refractivity contribution in [3.63, 3.8) is 0 Å². The molecule has 0 atom stereocenters. The van der Waals surface area contributed by atoms with Crippen LogP contribution in [0.1, 0.15) is 17.7 Å². The zero-order valence-corrected chi connectivity index (χ0v) is 10.7. The van der Waals surface area contributed by atoms with E-state index in [4.69, 9.17) is 4.42 Å². The largest absolute Gasteiger partial charge is 0.465 e. The Hall–Kier alpha value is -2.29. The molecule has 0 aliphatic rings. The maximum absolute atomic E-state index is 11.5. The van der Waals surface area contributed by atoms with Crippen LogP contribution in [0, 0.1) is 0 Å². The topological polar surface area (TPSA) is 42.2 Å². The van der Waals surface area contributed by atoms with E-state index in [1.807, 2.05) is 18.2 Å². The average Bonchev–Trinajstić information content (AvgIpc) is 2.96. The first-order valence-corrected chi connectivity index (χ1v) is 6.38. The van der Waals surface area contributed by atoms with Gasteiger partial charge in [-0.1, -0.05) is 30.3 Å². The Morgan fingerprint density at radius 2 is 2.00 bits per heavy atom. The molecule has 2 rings (SSSR count). The van der Waals surface area contributed by atoms with Crippen molar-refractivity contribution in [3.8, 4) is 0 Å². The van der Waals surface area contributed by atoms with Gasteiger partial charge in [-0.3, -0.25) is 4.79 Å². The molecule has 0 radical (unpaired) electrons. The van der Waals surface area contributed by atoms with Gasteiger partial charge >= 0.3 is 0 Å². The molecule has 1 amide bonds. The predicted octanol–water partition coefficient (Wildman–Crippen LogP) is 3.04. The van der Waals surface area contributed by atoms with E-state index in [1.165, 1.54) is 11.6 Å². The third kappa shape index (κ3) is 4.84. The zero-order chi connectivity index (χ0) is 13.3. The van der Waals surface area contributed by atoms with Crippen molar-refractivity contribution in [3.05, 3.63) is 66.1 Å². The third-order valence-corrected chi connectivity index (χ3v) is 2.73. The van der Waals surface area contributed by atoms with Gasteiger partial charge in [0.05, 0.1) is 6.26 Å². The lowest BCUT2D eigenvalue weighted by Gasteiger charge is -2.02. The van der Waals surface area contributed by atoms with Crippen molar-refractivity contribution < 1.29 is 9.21 Å². The number of nitrogens with one attached hydrogen (secondary N) is 1. The van der Waals surface area contributed by atoms with Crippen molar-refractivity contribution in [2.45, 2.75) is 12.8 Å². The molecular weight excluding hydrogens is 238 g/mol. The standard InChI is InChI=1S/C16H17NO2/c18-16(11-10-15-9-5-13-19-15)17-12-4-8-14-6-2-1-3-7-14/h1-3,5-7,9-11,13H,4,8,12H2,(H,17,18). The number of hydrogen-bond acceptors (Lipinski definition) is 2. The van der Waals surface area contributed by atoms with E-state index in [0.29, 0.717) is 12.3 Å². The Bertz CT molecular complexity index is 515. The average molecular weight is 255 g/mol. The van der Waals surface area contributed by atoms with Crippen LogP contribution in [0.2, 0.25) is 0 Å². The van der Waals surface area contributed by atoms with E-state index in [-0.39, 0.29) is 5.91 Å². The van der Waals surface area contributed by atoms with E-state index in [0.717, 1.165) is 12.8 Å². The molecule has 1 N–H and O–H groups in total. The summed E-state index contributed by atoms with van der Waals surface area (Å²) in [5, 5.41) is 2.85. The molecule has 19 heavy (non-hydrogen) atoms. The van der Waals surface area contributed by atoms with Crippen LogP contribution in [-0.4, -0.2) is 12.5 Å². The number of furan rings is 1. The van der Waals surface area contributed by atoms with Crippen LogP contribution in [0.15, 0.2) is 59.2 Å². The molecule has 3 nitrogen and oxygen atoms in total. The minimum atomic E-state index is -0.0931. The summed E-state index contributed by atoms with van der Waals surface area (Å²) in [7, 11) is 0. The number of aryl methyl sites for hydroxylation is 1. The SMILES string of the molecule is O=C(C=Cc1ccco1)NCCCc1ccccc1. The number of hydrogen-bond donors (Lipinski definition) is 1. The lowest BCUT2D eigenvalue weighted by molar-refractivity contribution is -0.116. The van der Waals surface area contributed by atoms with Crippen molar-refractivity contribution in [2.75, 3.05) is 6.54 Å². The third-order valence-electron chi connectivity index (χ3n) is 2.73. The summed E-state index contributed by atoms with van der Waals surface area (Å²) < 4.78 is 5.10. The van der Waals surface area contributed by atoms with Crippen molar-refractivity contribution >= 4 is 12.0 Å². The minimum absolute atomic E-state index is 0.0931. The minimum Gasteiger partial charge on any atom is -0.465 e. The van der Waals surface area contributed by atoms with Crippen LogP contribution in [0.25, 0.3) is 6.08 Å². The Balaban J connectivity index is 1.64. The highest BCUT2D eigenvalue weighted by Gasteiger charge is 1.96. The highest BCUT2D eigenvalue weighted by atomic mass is 16.3. The van der Waals surface area contributed by atoms with E-state index in [2.05, 4.69) is 17.4 Å². The van der Waals surface area contributed by atoms with Gasteiger partial charge in [-0.25, -0.2) is 0 Å². The first-order valence-electron chi connectivity index (χ1n) is 6.38. The van der Waals surface area contributed by atoms with Crippen LogP contribution in [-0.2, 0) is 11.2 Å². The van der Waals surface area contributed by atoms with Crippen LogP contribution in [0.4, 0.5) is 0 Å². The van der Waals surface area contributed by atoms with Crippen LogP contribution >= 0.6 is 0 Å². The van der Waals surface area contributed by atoms with Gasteiger partial charge < -0.3 is 9.73 Å². The van der Waals surface area contributed by atoms with Gasteiger partial charge in [0.1, 0.15) is 5.76 Å². The van der Waals surface area contributed by atoms with Crippen molar-refractivity contribution in [2.24, 2.45) is 0 Å². The van der Waals surface area contributed by atoms with E-state index >= 15 is 0 Å². The maximum Gasteiger partial charge on any atom is 0.244 e. The van der Waals surface area contributed by atoms with Crippen LogP contribution < -0.4 is 5.32 Å².